The topological polar surface area (TPSA) is 49.4 Å². The molecule has 0 spiro atoms. The summed E-state index contributed by atoms with van der Waals surface area (Å²) in [5.41, 5.74) is 0.641. The zero-order valence-electron chi connectivity index (χ0n) is 10.7. The first kappa shape index (κ1) is 14.5. The number of halogens is 1. The number of likely N-dealkylation sites (tertiary alicyclic amines) is 1. The second kappa shape index (κ2) is 7.05. The van der Waals surface area contributed by atoms with E-state index in [1.54, 1.807) is 11.4 Å². The van der Waals surface area contributed by atoms with Crippen molar-refractivity contribution in [2.24, 2.45) is 0 Å². The number of hydrogen-bond acceptors (Lipinski definition) is 3. The summed E-state index contributed by atoms with van der Waals surface area (Å²) in [6.07, 6.45) is 3.80. The number of rotatable bonds is 4. The van der Waals surface area contributed by atoms with E-state index in [9.17, 15) is 9.59 Å². The fourth-order valence-electron chi connectivity index (χ4n) is 2.12. The summed E-state index contributed by atoms with van der Waals surface area (Å²) in [4.78, 5) is 25.6. The Bertz CT molecular complexity index is 455. The largest absolute Gasteiger partial charge is 0.351 e. The molecule has 1 aromatic heterocycles. The maximum absolute atomic E-state index is 11.9. The van der Waals surface area contributed by atoms with Crippen LogP contribution in [0.15, 0.2) is 15.2 Å². The van der Waals surface area contributed by atoms with Crippen molar-refractivity contribution in [1.82, 2.24) is 10.2 Å². The molecule has 1 aliphatic rings. The third-order valence-corrected chi connectivity index (χ3v) is 4.67. The summed E-state index contributed by atoms with van der Waals surface area (Å²) >= 11 is 4.80. The third kappa shape index (κ3) is 4.31. The second-order valence-electron chi connectivity index (χ2n) is 4.59. The fraction of sp³-hybridized carbons (Fsp3) is 0.538. The first-order valence-corrected chi connectivity index (χ1v) is 8.14. The molecule has 2 rings (SSSR count). The van der Waals surface area contributed by atoms with Gasteiger partial charge in [-0.05, 0) is 41.3 Å². The van der Waals surface area contributed by atoms with Crippen molar-refractivity contribution in [1.29, 1.82) is 0 Å². The molecule has 0 bridgehead atoms. The lowest BCUT2D eigenvalue weighted by atomic mass is 10.1. The summed E-state index contributed by atoms with van der Waals surface area (Å²) in [5.74, 6) is 0.0277. The third-order valence-electron chi connectivity index (χ3n) is 3.16. The Kier molecular flexibility index (Phi) is 5.39. The lowest BCUT2D eigenvalue weighted by Crippen LogP contribution is -2.37. The highest BCUT2D eigenvalue weighted by atomic mass is 79.9. The number of nitrogens with one attached hydrogen (secondary N) is 1. The molecule has 4 nitrogen and oxygen atoms in total. The van der Waals surface area contributed by atoms with Crippen molar-refractivity contribution in [2.75, 3.05) is 19.6 Å². The lowest BCUT2D eigenvalue weighted by molar-refractivity contribution is -0.131. The van der Waals surface area contributed by atoms with Crippen molar-refractivity contribution in [3.63, 3.8) is 0 Å². The number of carbonyl (C=O) groups excluding carboxylic acids is 2. The number of amides is 2. The van der Waals surface area contributed by atoms with E-state index in [2.05, 4.69) is 21.2 Å². The number of hydrogen-bond donors (Lipinski definition) is 1. The maximum atomic E-state index is 11.9. The van der Waals surface area contributed by atoms with Gasteiger partial charge in [0.2, 0.25) is 5.91 Å². The van der Waals surface area contributed by atoms with E-state index in [0.29, 0.717) is 18.5 Å². The predicted molar refractivity (Wildman–Crippen MR) is 79.4 cm³/mol. The van der Waals surface area contributed by atoms with Crippen LogP contribution >= 0.6 is 27.3 Å². The van der Waals surface area contributed by atoms with E-state index in [0.717, 1.165) is 29.7 Å². The van der Waals surface area contributed by atoms with Gasteiger partial charge in [0.1, 0.15) is 0 Å². The van der Waals surface area contributed by atoms with Gasteiger partial charge in [-0.15, -0.1) is 11.3 Å². The maximum Gasteiger partial charge on any atom is 0.252 e. The summed E-state index contributed by atoms with van der Waals surface area (Å²) in [7, 11) is 0. The molecule has 19 heavy (non-hydrogen) atoms. The summed E-state index contributed by atoms with van der Waals surface area (Å²) < 4.78 is 0.932. The van der Waals surface area contributed by atoms with Crippen LogP contribution in [0.1, 0.15) is 36.0 Å². The molecule has 2 amide bonds. The van der Waals surface area contributed by atoms with E-state index in [1.165, 1.54) is 17.8 Å². The van der Waals surface area contributed by atoms with Crippen molar-refractivity contribution in [3.05, 3.63) is 20.8 Å². The molecular weight excluding hydrogens is 328 g/mol. The minimum Gasteiger partial charge on any atom is -0.351 e. The highest BCUT2D eigenvalue weighted by Gasteiger charge is 2.16. The molecule has 1 aliphatic heterocycles. The van der Waals surface area contributed by atoms with Crippen LogP contribution in [0.3, 0.4) is 0 Å². The molecule has 104 valence electrons. The van der Waals surface area contributed by atoms with E-state index in [-0.39, 0.29) is 11.8 Å². The van der Waals surface area contributed by atoms with Gasteiger partial charge < -0.3 is 10.2 Å². The summed E-state index contributed by atoms with van der Waals surface area (Å²) in [5, 5.41) is 4.58. The Morgan fingerprint density at radius 1 is 1.32 bits per heavy atom. The Balaban J connectivity index is 1.71. The summed E-state index contributed by atoms with van der Waals surface area (Å²) in [6, 6.07) is 1.78. The number of carbonyl (C=O) groups is 2. The van der Waals surface area contributed by atoms with E-state index in [4.69, 9.17) is 0 Å². The monoisotopic (exact) mass is 344 g/mol. The minimum atomic E-state index is -0.117. The second-order valence-corrected chi connectivity index (χ2v) is 6.88. The average molecular weight is 345 g/mol. The Labute approximate surface area is 125 Å². The standard InChI is InChI=1S/C13H17BrN2O2S/c14-11-8-10(9-19-11)13(18)15-5-4-12(17)16-6-2-1-3-7-16/h8-9H,1-7H2,(H,15,18). The number of piperidine rings is 1. The average Bonchev–Trinajstić information content (AvgIpc) is 2.86. The Morgan fingerprint density at radius 3 is 2.68 bits per heavy atom. The smallest absolute Gasteiger partial charge is 0.252 e. The molecule has 1 N–H and O–H groups in total. The van der Waals surface area contributed by atoms with Crippen LogP contribution in [-0.2, 0) is 4.79 Å². The molecule has 6 heteroatoms. The van der Waals surface area contributed by atoms with Crippen molar-refractivity contribution < 1.29 is 9.59 Å². The zero-order chi connectivity index (χ0) is 13.7. The lowest BCUT2D eigenvalue weighted by Gasteiger charge is -2.26. The van der Waals surface area contributed by atoms with Gasteiger partial charge in [-0.25, -0.2) is 0 Å². The molecule has 0 unspecified atom stereocenters. The number of thiophene rings is 1. The van der Waals surface area contributed by atoms with Gasteiger partial charge in [-0.1, -0.05) is 0 Å². The van der Waals surface area contributed by atoms with Crippen LogP contribution in [0.5, 0.6) is 0 Å². The van der Waals surface area contributed by atoms with Gasteiger partial charge in [0.15, 0.2) is 0 Å². The van der Waals surface area contributed by atoms with Gasteiger partial charge in [-0.3, -0.25) is 9.59 Å². The fourth-order valence-corrected chi connectivity index (χ4v) is 3.25. The first-order valence-electron chi connectivity index (χ1n) is 6.47. The molecule has 0 saturated carbocycles. The van der Waals surface area contributed by atoms with Crippen LogP contribution in [-0.4, -0.2) is 36.3 Å². The molecule has 0 radical (unpaired) electrons. The molecule has 0 atom stereocenters. The van der Waals surface area contributed by atoms with E-state index < -0.39 is 0 Å². The minimum absolute atomic E-state index is 0.117. The van der Waals surface area contributed by atoms with Crippen LogP contribution in [0.4, 0.5) is 0 Å². The normalized spacial score (nSPS) is 15.3. The molecule has 1 aromatic rings. The number of nitrogens with zero attached hydrogens (tertiary/aromatic N) is 1. The van der Waals surface area contributed by atoms with Crippen LogP contribution in [0.2, 0.25) is 0 Å². The zero-order valence-corrected chi connectivity index (χ0v) is 13.1. The quantitative estimate of drug-likeness (QED) is 0.912. The molecule has 0 aliphatic carbocycles. The van der Waals surface area contributed by atoms with Gasteiger partial charge in [0, 0.05) is 31.4 Å². The molecular formula is C13H17BrN2O2S. The molecule has 1 fully saturated rings. The Morgan fingerprint density at radius 2 is 2.05 bits per heavy atom. The van der Waals surface area contributed by atoms with Crippen molar-refractivity contribution in [2.45, 2.75) is 25.7 Å². The van der Waals surface area contributed by atoms with Gasteiger partial charge in [0.25, 0.3) is 5.91 Å². The predicted octanol–water partition coefficient (Wildman–Crippen LogP) is 2.64. The first-order chi connectivity index (χ1) is 9.16. The Hall–Kier alpha value is -0.880. The van der Waals surface area contributed by atoms with Crippen LogP contribution < -0.4 is 5.32 Å². The van der Waals surface area contributed by atoms with Gasteiger partial charge in [0.05, 0.1) is 9.35 Å². The van der Waals surface area contributed by atoms with Crippen LogP contribution in [0.25, 0.3) is 0 Å². The van der Waals surface area contributed by atoms with E-state index in [1.807, 2.05) is 4.90 Å². The van der Waals surface area contributed by atoms with Crippen LogP contribution in [0, 0.1) is 0 Å². The molecule has 1 saturated heterocycles. The van der Waals surface area contributed by atoms with Crippen molar-refractivity contribution >= 4 is 39.1 Å². The molecule has 0 aromatic carbocycles. The highest BCUT2D eigenvalue weighted by Crippen LogP contribution is 2.20. The van der Waals surface area contributed by atoms with Crippen molar-refractivity contribution in [3.8, 4) is 0 Å². The molecule has 2 heterocycles. The highest BCUT2D eigenvalue weighted by molar-refractivity contribution is 9.11. The van der Waals surface area contributed by atoms with Gasteiger partial charge in [-0.2, -0.15) is 0 Å². The van der Waals surface area contributed by atoms with Gasteiger partial charge >= 0.3 is 0 Å². The van der Waals surface area contributed by atoms with E-state index >= 15 is 0 Å². The summed E-state index contributed by atoms with van der Waals surface area (Å²) in [6.45, 7) is 2.14. The SMILES string of the molecule is O=C(NCCC(=O)N1CCCCC1)c1csc(Br)c1.